The second kappa shape index (κ2) is 9.39. The first-order chi connectivity index (χ1) is 12.8. The van der Waals surface area contributed by atoms with Gasteiger partial charge in [-0.3, -0.25) is 14.4 Å². The van der Waals surface area contributed by atoms with Crippen LogP contribution < -0.4 is 4.74 Å². The Labute approximate surface area is 159 Å². The number of rotatable bonds is 7. The molecule has 1 saturated heterocycles. The van der Waals surface area contributed by atoms with Crippen molar-refractivity contribution in [1.82, 2.24) is 9.80 Å². The molecular weight excluding hydrogens is 348 g/mol. The molecule has 148 valence electrons. The lowest BCUT2D eigenvalue weighted by molar-refractivity contribution is -0.145. The summed E-state index contributed by atoms with van der Waals surface area (Å²) in [7, 11) is 1.59. The molecule has 0 spiro atoms. The number of hydrogen-bond donors (Lipinski definition) is 1. The first-order valence-corrected chi connectivity index (χ1v) is 9.26. The largest absolute Gasteiger partial charge is 0.493 e. The summed E-state index contributed by atoms with van der Waals surface area (Å²) in [6.45, 7) is 5.46. The van der Waals surface area contributed by atoms with Gasteiger partial charge in [-0.1, -0.05) is 19.9 Å². The van der Waals surface area contributed by atoms with E-state index in [2.05, 4.69) is 0 Å². The van der Waals surface area contributed by atoms with E-state index in [1.54, 1.807) is 36.2 Å². The number of amides is 2. The predicted octanol–water partition coefficient (Wildman–Crippen LogP) is 2.12. The second-order valence-corrected chi connectivity index (χ2v) is 7.39. The molecule has 2 amide bonds. The van der Waals surface area contributed by atoms with E-state index in [1.807, 2.05) is 13.8 Å². The SMILES string of the molecule is CC(C)COc1cccc(C(=O)N(C)CC(=O)N2CCC(C(=O)O)CC2)c1. The van der Waals surface area contributed by atoms with Gasteiger partial charge in [0.05, 0.1) is 19.1 Å². The molecule has 0 bridgehead atoms. The van der Waals surface area contributed by atoms with Crippen molar-refractivity contribution in [3.05, 3.63) is 29.8 Å². The number of benzene rings is 1. The molecule has 1 aromatic rings. The number of hydrogen-bond acceptors (Lipinski definition) is 4. The van der Waals surface area contributed by atoms with E-state index >= 15 is 0 Å². The minimum absolute atomic E-state index is 0.0341. The molecule has 1 aliphatic rings. The number of carbonyl (C=O) groups is 3. The molecule has 0 radical (unpaired) electrons. The van der Waals surface area contributed by atoms with E-state index in [1.165, 1.54) is 4.90 Å². The summed E-state index contributed by atoms with van der Waals surface area (Å²) in [5, 5.41) is 9.03. The van der Waals surface area contributed by atoms with E-state index in [0.717, 1.165) is 0 Å². The summed E-state index contributed by atoms with van der Waals surface area (Å²) >= 11 is 0. The van der Waals surface area contributed by atoms with Gasteiger partial charge in [-0.15, -0.1) is 0 Å². The maximum atomic E-state index is 12.6. The summed E-state index contributed by atoms with van der Waals surface area (Å²) < 4.78 is 5.65. The number of carboxylic acid groups (broad SMARTS) is 1. The van der Waals surface area contributed by atoms with Crippen LogP contribution in [0.2, 0.25) is 0 Å². The van der Waals surface area contributed by atoms with Gasteiger partial charge in [0.1, 0.15) is 5.75 Å². The van der Waals surface area contributed by atoms with E-state index in [0.29, 0.717) is 49.8 Å². The second-order valence-electron chi connectivity index (χ2n) is 7.39. The van der Waals surface area contributed by atoms with Crippen molar-refractivity contribution in [3.63, 3.8) is 0 Å². The van der Waals surface area contributed by atoms with Crippen LogP contribution in [0.1, 0.15) is 37.0 Å². The number of nitrogens with zero attached hydrogens (tertiary/aromatic N) is 2. The Bertz CT molecular complexity index is 681. The van der Waals surface area contributed by atoms with Crippen molar-refractivity contribution < 1.29 is 24.2 Å². The number of ether oxygens (including phenoxy) is 1. The van der Waals surface area contributed by atoms with Gasteiger partial charge in [-0.05, 0) is 37.0 Å². The number of likely N-dealkylation sites (N-methyl/N-ethyl adjacent to an activating group) is 1. The summed E-state index contributed by atoms with van der Waals surface area (Å²) in [5.41, 5.74) is 0.469. The zero-order valence-electron chi connectivity index (χ0n) is 16.2. The van der Waals surface area contributed by atoms with E-state index in [-0.39, 0.29) is 24.3 Å². The van der Waals surface area contributed by atoms with E-state index < -0.39 is 5.97 Å². The highest BCUT2D eigenvalue weighted by atomic mass is 16.5. The van der Waals surface area contributed by atoms with Crippen molar-refractivity contribution in [3.8, 4) is 5.75 Å². The van der Waals surface area contributed by atoms with Gasteiger partial charge in [-0.2, -0.15) is 0 Å². The topological polar surface area (TPSA) is 87.2 Å². The summed E-state index contributed by atoms with van der Waals surface area (Å²) in [4.78, 5) is 39.1. The summed E-state index contributed by atoms with van der Waals surface area (Å²) in [6, 6.07) is 6.94. The van der Waals surface area contributed by atoms with Crippen LogP contribution in [0.4, 0.5) is 0 Å². The fourth-order valence-corrected chi connectivity index (χ4v) is 2.95. The van der Waals surface area contributed by atoms with Gasteiger partial charge in [0.15, 0.2) is 0 Å². The Kier molecular flexibility index (Phi) is 7.21. The van der Waals surface area contributed by atoms with Crippen LogP contribution in [0.3, 0.4) is 0 Å². The minimum Gasteiger partial charge on any atom is -0.493 e. The van der Waals surface area contributed by atoms with Crippen LogP contribution >= 0.6 is 0 Å². The Morgan fingerprint density at radius 3 is 2.52 bits per heavy atom. The molecule has 1 aromatic carbocycles. The molecule has 1 heterocycles. The van der Waals surface area contributed by atoms with E-state index in [4.69, 9.17) is 9.84 Å². The van der Waals surface area contributed by atoms with Gasteiger partial charge in [0.2, 0.25) is 5.91 Å². The van der Waals surface area contributed by atoms with Gasteiger partial charge in [0.25, 0.3) is 5.91 Å². The Morgan fingerprint density at radius 2 is 1.93 bits per heavy atom. The summed E-state index contributed by atoms with van der Waals surface area (Å²) in [5.74, 6) is -0.600. The fourth-order valence-electron chi connectivity index (χ4n) is 2.95. The summed E-state index contributed by atoms with van der Waals surface area (Å²) in [6.07, 6.45) is 0.905. The molecule has 0 saturated carbocycles. The smallest absolute Gasteiger partial charge is 0.306 e. The average Bonchev–Trinajstić information content (AvgIpc) is 2.65. The minimum atomic E-state index is -0.811. The van der Waals surface area contributed by atoms with Crippen molar-refractivity contribution >= 4 is 17.8 Å². The average molecular weight is 376 g/mol. The van der Waals surface area contributed by atoms with Gasteiger partial charge < -0.3 is 19.6 Å². The van der Waals surface area contributed by atoms with Crippen LogP contribution in [-0.4, -0.2) is 66.0 Å². The van der Waals surface area contributed by atoms with Crippen LogP contribution in [-0.2, 0) is 9.59 Å². The first kappa shape index (κ1) is 20.7. The lowest BCUT2D eigenvalue weighted by Gasteiger charge is -2.31. The highest BCUT2D eigenvalue weighted by molar-refractivity contribution is 5.96. The third-order valence-electron chi connectivity index (χ3n) is 4.58. The van der Waals surface area contributed by atoms with Gasteiger partial charge >= 0.3 is 5.97 Å². The predicted molar refractivity (Wildman–Crippen MR) is 101 cm³/mol. The van der Waals surface area contributed by atoms with Crippen molar-refractivity contribution in [1.29, 1.82) is 0 Å². The molecule has 7 nitrogen and oxygen atoms in total. The fraction of sp³-hybridized carbons (Fsp3) is 0.550. The van der Waals surface area contributed by atoms with Crippen LogP contribution in [0.5, 0.6) is 5.75 Å². The Balaban J connectivity index is 1.90. The van der Waals surface area contributed by atoms with Gasteiger partial charge in [0, 0.05) is 25.7 Å². The number of likely N-dealkylation sites (tertiary alicyclic amines) is 1. The number of carbonyl (C=O) groups excluding carboxylic acids is 2. The third-order valence-corrected chi connectivity index (χ3v) is 4.58. The first-order valence-electron chi connectivity index (χ1n) is 9.26. The zero-order valence-corrected chi connectivity index (χ0v) is 16.2. The van der Waals surface area contributed by atoms with Crippen molar-refractivity contribution in [2.45, 2.75) is 26.7 Å². The molecule has 1 fully saturated rings. The number of piperidine rings is 1. The lowest BCUT2D eigenvalue weighted by Crippen LogP contribution is -2.45. The normalized spacial score (nSPS) is 14.9. The zero-order chi connectivity index (χ0) is 20.0. The van der Waals surface area contributed by atoms with Crippen LogP contribution in [0, 0.1) is 11.8 Å². The molecule has 27 heavy (non-hydrogen) atoms. The number of carboxylic acids is 1. The van der Waals surface area contributed by atoms with Crippen LogP contribution in [0.25, 0.3) is 0 Å². The van der Waals surface area contributed by atoms with Crippen molar-refractivity contribution in [2.24, 2.45) is 11.8 Å². The maximum Gasteiger partial charge on any atom is 0.306 e. The van der Waals surface area contributed by atoms with Gasteiger partial charge in [-0.25, -0.2) is 0 Å². The third kappa shape index (κ3) is 5.98. The molecule has 0 aromatic heterocycles. The molecular formula is C20H28N2O5. The molecule has 2 rings (SSSR count). The molecule has 7 heteroatoms. The molecule has 0 unspecified atom stereocenters. The molecule has 0 atom stereocenters. The highest BCUT2D eigenvalue weighted by Gasteiger charge is 2.28. The van der Waals surface area contributed by atoms with Crippen molar-refractivity contribution in [2.75, 3.05) is 33.3 Å². The number of aliphatic carboxylic acids is 1. The Morgan fingerprint density at radius 1 is 1.26 bits per heavy atom. The van der Waals surface area contributed by atoms with Crippen LogP contribution in [0.15, 0.2) is 24.3 Å². The molecule has 0 aliphatic carbocycles. The lowest BCUT2D eigenvalue weighted by atomic mass is 9.97. The Hall–Kier alpha value is -2.57. The maximum absolute atomic E-state index is 12.6. The quantitative estimate of drug-likeness (QED) is 0.788. The highest BCUT2D eigenvalue weighted by Crippen LogP contribution is 2.18. The standard InChI is InChI=1S/C20H28N2O5/c1-14(2)13-27-17-6-4-5-16(11-17)19(24)21(3)12-18(23)22-9-7-15(8-10-22)20(25)26/h4-6,11,14-15H,7-10,12-13H2,1-3H3,(H,25,26). The monoisotopic (exact) mass is 376 g/mol. The molecule has 1 aliphatic heterocycles. The van der Waals surface area contributed by atoms with E-state index in [9.17, 15) is 14.4 Å². The molecule has 1 N–H and O–H groups in total.